The van der Waals surface area contributed by atoms with Crippen LogP contribution >= 0.6 is 39.1 Å². The topological polar surface area (TPSA) is 37.0 Å². The molecule has 0 saturated heterocycles. The molecule has 1 aromatic heterocycles. The van der Waals surface area contributed by atoms with Gasteiger partial charge in [0.15, 0.2) is 0 Å². The minimum absolute atomic E-state index is 0.487. The van der Waals surface area contributed by atoms with Crippen LogP contribution < -0.4 is 10.6 Å². The van der Waals surface area contributed by atoms with E-state index in [-0.39, 0.29) is 0 Å². The number of hydrogen-bond donors (Lipinski definition) is 2. The summed E-state index contributed by atoms with van der Waals surface area (Å²) in [6.45, 7) is 3.00. The Morgan fingerprint density at radius 1 is 1.20 bits per heavy atom. The van der Waals surface area contributed by atoms with Gasteiger partial charge in [-0.3, -0.25) is 0 Å². The molecule has 0 aliphatic heterocycles. The fraction of sp³-hybridized carbons (Fsp3) is 0.214. The number of benzene rings is 1. The van der Waals surface area contributed by atoms with E-state index in [2.05, 4.69) is 38.5 Å². The highest BCUT2D eigenvalue weighted by Crippen LogP contribution is 2.37. The van der Waals surface area contributed by atoms with Crippen LogP contribution in [0.2, 0.25) is 10.0 Å². The van der Waals surface area contributed by atoms with Crippen molar-refractivity contribution in [2.75, 3.05) is 17.2 Å². The number of pyridine rings is 1. The molecule has 0 bridgehead atoms. The maximum Gasteiger partial charge on any atom is 0.127 e. The maximum atomic E-state index is 6.22. The molecule has 0 radical (unpaired) electrons. The predicted octanol–water partition coefficient (Wildman–Crippen LogP) is 5.72. The van der Waals surface area contributed by atoms with E-state index in [4.69, 9.17) is 23.2 Å². The van der Waals surface area contributed by atoms with Gasteiger partial charge in [-0.25, -0.2) is 4.98 Å². The first-order valence-corrected chi connectivity index (χ1v) is 7.77. The molecule has 2 N–H and O–H groups in total. The lowest BCUT2D eigenvalue weighted by molar-refractivity contribution is 0.969. The van der Waals surface area contributed by atoms with Crippen LogP contribution in [0.5, 0.6) is 0 Å². The highest BCUT2D eigenvalue weighted by molar-refractivity contribution is 9.10. The zero-order valence-corrected chi connectivity index (χ0v) is 14.0. The van der Waals surface area contributed by atoms with E-state index >= 15 is 0 Å². The quantitative estimate of drug-likeness (QED) is 0.657. The Morgan fingerprint density at radius 2 is 2.00 bits per heavy atom. The van der Waals surface area contributed by atoms with Gasteiger partial charge in [-0.2, -0.15) is 0 Å². The summed E-state index contributed by atoms with van der Waals surface area (Å²) in [6, 6.07) is 7.54. The summed E-state index contributed by atoms with van der Waals surface area (Å²) in [7, 11) is 0. The molecule has 106 valence electrons. The molecule has 0 amide bonds. The van der Waals surface area contributed by atoms with E-state index in [1.807, 2.05) is 24.3 Å². The fourth-order valence-electron chi connectivity index (χ4n) is 1.64. The number of hydrogen-bond acceptors (Lipinski definition) is 3. The SMILES string of the molecule is CCCNc1cc(Nc2ccc(Br)c(Cl)c2Cl)ccn1. The summed E-state index contributed by atoms with van der Waals surface area (Å²) in [5.41, 5.74) is 1.66. The van der Waals surface area contributed by atoms with Gasteiger partial charge in [0.05, 0.1) is 15.7 Å². The molecule has 1 aromatic carbocycles. The molecule has 0 spiro atoms. The van der Waals surface area contributed by atoms with E-state index < -0.39 is 0 Å². The largest absolute Gasteiger partial charge is 0.370 e. The standard InChI is InChI=1S/C14H14BrCl2N3/c1-2-6-18-12-8-9(5-7-19-12)20-11-4-3-10(15)13(16)14(11)17/h3-5,7-8H,2,6H2,1H3,(H2,18,19,20). The number of aromatic nitrogens is 1. The van der Waals surface area contributed by atoms with Crippen molar-refractivity contribution >= 4 is 56.3 Å². The summed E-state index contributed by atoms with van der Waals surface area (Å²) >= 11 is 15.7. The Bertz CT molecular complexity index is 605. The summed E-state index contributed by atoms with van der Waals surface area (Å²) in [6.07, 6.45) is 2.79. The van der Waals surface area contributed by atoms with Gasteiger partial charge in [0.1, 0.15) is 5.82 Å². The van der Waals surface area contributed by atoms with Crippen LogP contribution in [0, 0.1) is 0 Å². The maximum absolute atomic E-state index is 6.22. The summed E-state index contributed by atoms with van der Waals surface area (Å²) in [5, 5.41) is 7.46. The van der Waals surface area contributed by atoms with Crippen LogP contribution in [0.1, 0.15) is 13.3 Å². The first-order chi connectivity index (χ1) is 9.61. The lowest BCUT2D eigenvalue weighted by Crippen LogP contribution is -2.02. The van der Waals surface area contributed by atoms with Crippen LogP contribution in [-0.2, 0) is 0 Å². The Morgan fingerprint density at radius 3 is 2.75 bits per heavy atom. The van der Waals surface area contributed by atoms with Gasteiger partial charge in [-0.1, -0.05) is 30.1 Å². The normalized spacial score (nSPS) is 10.4. The van der Waals surface area contributed by atoms with Gasteiger partial charge < -0.3 is 10.6 Å². The second-order valence-corrected chi connectivity index (χ2v) is 5.81. The Balaban J connectivity index is 2.20. The first kappa shape index (κ1) is 15.4. The monoisotopic (exact) mass is 373 g/mol. The summed E-state index contributed by atoms with van der Waals surface area (Å²) in [5.74, 6) is 0.830. The van der Waals surface area contributed by atoms with Crippen molar-refractivity contribution in [3.8, 4) is 0 Å². The minimum Gasteiger partial charge on any atom is -0.370 e. The summed E-state index contributed by atoms with van der Waals surface area (Å²) < 4.78 is 0.773. The average molecular weight is 375 g/mol. The number of anilines is 3. The van der Waals surface area contributed by atoms with Crippen molar-refractivity contribution in [3.63, 3.8) is 0 Å². The molecule has 0 aliphatic carbocycles. The van der Waals surface area contributed by atoms with Crippen LogP contribution in [0.3, 0.4) is 0 Å². The van der Waals surface area contributed by atoms with E-state index in [0.717, 1.165) is 34.6 Å². The predicted molar refractivity (Wildman–Crippen MR) is 90.5 cm³/mol. The second kappa shape index (κ2) is 7.16. The third-order valence-corrected chi connectivity index (χ3v) is 4.40. The van der Waals surface area contributed by atoms with Crippen molar-refractivity contribution in [1.29, 1.82) is 0 Å². The van der Waals surface area contributed by atoms with Crippen molar-refractivity contribution in [3.05, 3.63) is 45.0 Å². The molecular weight excluding hydrogens is 361 g/mol. The lowest BCUT2D eigenvalue weighted by atomic mass is 10.3. The van der Waals surface area contributed by atoms with Crippen molar-refractivity contribution in [1.82, 2.24) is 4.98 Å². The molecule has 2 rings (SSSR count). The zero-order valence-electron chi connectivity index (χ0n) is 10.9. The second-order valence-electron chi connectivity index (χ2n) is 4.20. The lowest BCUT2D eigenvalue weighted by Gasteiger charge is -2.11. The van der Waals surface area contributed by atoms with Crippen LogP contribution in [-0.4, -0.2) is 11.5 Å². The highest BCUT2D eigenvalue weighted by Gasteiger charge is 2.08. The number of halogens is 3. The molecule has 2 aromatic rings. The molecular formula is C14H14BrCl2N3. The molecule has 0 atom stereocenters. The average Bonchev–Trinajstić information content (AvgIpc) is 2.46. The van der Waals surface area contributed by atoms with Crippen molar-refractivity contribution in [2.45, 2.75) is 13.3 Å². The van der Waals surface area contributed by atoms with Crippen LogP contribution in [0.4, 0.5) is 17.2 Å². The summed E-state index contributed by atoms with van der Waals surface area (Å²) in [4.78, 5) is 4.25. The first-order valence-electron chi connectivity index (χ1n) is 6.22. The molecule has 0 saturated carbocycles. The number of nitrogens with one attached hydrogen (secondary N) is 2. The van der Waals surface area contributed by atoms with Crippen molar-refractivity contribution in [2.24, 2.45) is 0 Å². The third-order valence-electron chi connectivity index (χ3n) is 2.63. The Hall–Kier alpha value is -0.970. The fourth-order valence-corrected chi connectivity index (χ4v) is 2.46. The van der Waals surface area contributed by atoms with Crippen LogP contribution in [0.15, 0.2) is 34.9 Å². The Kier molecular flexibility index (Phi) is 5.52. The van der Waals surface area contributed by atoms with E-state index in [9.17, 15) is 0 Å². The van der Waals surface area contributed by atoms with Gasteiger partial charge in [0.25, 0.3) is 0 Å². The highest BCUT2D eigenvalue weighted by atomic mass is 79.9. The molecule has 0 aliphatic rings. The number of rotatable bonds is 5. The molecule has 3 nitrogen and oxygen atoms in total. The van der Waals surface area contributed by atoms with E-state index in [1.54, 1.807) is 6.20 Å². The van der Waals surface area contributed by atoms with Gasteiger partial charge in [-0.05, 0) is 40.5 Å². The smallest absolute Gasteiger partial charge is 0.127 e. The van der Waals surface area contributed by atoms with Gasteiger partial charge in [0, 0.05) is 29.0 Å². The molecule has 20 heavy (non-hydrogen) atoms. The molecule has 0 fully saturated rings. The van der Waals surface area contributed by atoms with Gasteiger partial charge >= 0.3 is 0 Å². The molecule has 1 heterocycles. The van der Waals surface area contributed by atoms with E-state index in [1.165, 1.54) is 0 Å². The van der Waals surface area contributed by atoms with E-state index in [0.29, 0.717) is 10.0 Å². The van der Waals surface area contributed by atoms with Gasteiger partial charge in [-0.15, -0.1) is 0 Å². The molecule has 6 heteroatoms. The van der Waals surface area contributed by atoms with Gasteiger partial charge in [0.2, 0.25) is 0 Å². The van der Waals surface area contributed by atoms with Crippen LogP contribution in [0.25, 0.3) is 0 Å². The minimum atomic E-state index is 0.487. The Labute approximate surface area is 136 Å². The number of nitrogens with zero attached hydrogens (tertiary/aromatic N) is 1. The molecule has 0 unspecified atom stereocenters. The van der Waals surface area contributed by atoms with Crippen molar-refractivity contribution < 1.29 is 0 Å². The zero-order chi connectivity index (χ0) is 14.5. The third kappa shape index (κ3) is 3.78.